The van der Waals surface area contributed by atoms with Crippen LogP contribution in [-0.2, 0) is 4.79 Å². The second-order valence-corrected chi connectivity index (χ2v) is 4.55. The average molecular weight is 196 g/mol. The predicted molar refractivity (Wildman–Crippen MR) is 56.0 cm³/mol. The van der Waals surface area contributed by atoms with Crippen molar-refractivity contribution in [2.24, 2.45) is 5.92 Å². The third kappa shape index (κ3) is 2.47. The molecule has 0 bridgehead atoms. The summed E-state index contributed by atoms with van der Waals surface area (Å²) >= 11 is 0. The Bertz CT molecular complexity index is 193. The minimum absolute atomic E-state index is 0.248. The second kappa shape index (κ2) is 4.78. The molecule has 1 saturated carbocycles. The molecule has 3 nitrogen and oxygen atoms in total. The van der Waals surface area contributed by atoms with Crippen molar-refractivity contribution in [3.63, 3.8) is 0 Å². The van der Waals surface area contributed by atoms with Gasteiger partial charge in [-0.15, -0.1) is 0 Å². The molecule has 0 aromatic rings. The molecule has 2 aliphatic rings. The Morgan fingerprint density at radius 3 is 2.21 bits per heavy atom. The van der Waals surface area contributed by atoms with Crippen molar-refractivity contribution in [2.75, 3.05) is 13.1 Å². The molecule has 1 aliphatic heterocycles. The largest absolute Gasteiger partial charge is 0.353 e. The molecule has 0 unspecified atom stereocenters. The van der Waals surface area contributed by atoms with Gasteiger partial charge in [0.05, 0.1) is 5.92 Å². The van der Waals surface area contributed by atoms with E-state index >= 15 is 0 Å². The Kier molecular flexibility index (Phi) is 3.40. The molecule has 80 valence electrons. The number of nitrogens with one attached hydrogen (secondary N) is 2. The summed E-state index contributed by atoms with van der Waals surface area (Å²) in [6, 6.07) is 0.464. The fourth-order valence-corrected chi connectivity index (χ4v) is 2.22. The summed E-state index contributed by atoms with van der Waals surface area (Å²) in [5.74, 6) is 0.522. The summed E-state index contributed by atoms with van der Waals surface area (Å²) in [7, 11) is 0. The van der Waals surface area contributed by atoms with Crippen LogP contribution < -0.4 is 10.6 Å². The molecule has 1 saturated heterocycles. The lowest BCUT2D eigenvalue weighted by atomic mass is 10.0. The number of hydrogen-bond donors (Lipinski definition) is 2. The third-order valence-electron chi connectivity index (χ3n) is 3.35. The zero-order valence-corrected chi connectivity index (χ0v) is 8.72. The van der Waals surface area contributed by atoms with Crippen LogP contribution in [0.2, 0.25) is 0 Å². The van der Waals surface area contributed by atoms with Crippen molar-refractivity contribution >= 4 is 5.91 Å². The maximum Gasteiger partial charge on any atom is 0.225 e. The van der Waals surface area contributed by atoms with Gasteiger partial charge in [0.25, 0.3) is 0 Å². The predicted octanol–water partition coefficient (Wildman–Crippen LogP) is 1.04. The van der Waals surface area contributed by atoms with Crippen LogP contribution in [0.4, 0.5) is 0 Å². The summed E-state index contributed by atoms with van der Waals surface area (Å²) in [4.78, 5) is 11.7. The van der Waals surface area contributed by atoms with Crippen LogP contribution in [0.3, 0.4) is 0 Å². The van der Waals surface area contributed by atoms with Crippen molar-refractivity contribution in [1.82, 2.24) is 10.6 Å². The molecule has 2 rings (SSSR count). The van der Waals surface area contributed by atoms with E-state index in [0.29, 0.717) is 6.04 Å². The van der Waals surface area contributed by atoms with Crippen LogP contribution in [0, 0.1) is 5.92 Å². The standard InChI is InChI=1S/C11H20N2O/c14-11(9-7-12-8-9)13-10-5-3-1-2-4-6-10/h9-10,12H,1-8H2,(H,13,14). The van der Waals surface area contributed by atoms with Gasteiger partial charge in [0.15, 0.2) is 0 Å². The highest BCUT2D eigenvalue weighted by Gasteiger charge is 2.26. The Morgan fingerprint density at radius 2 is 1.71 bits per heavy atom. The van der Waals surface area contributed by atoms with E-state index in [2.05, 4.69) is 10.6 Å². The molecule has 2 fully saturated rings. The normalized spacial score (nSPS) is 25.1. The molecular formula is C11H20N2O. The highest BCUT2D eigenvalue weighted by molar-refractivity contribution is 5.80. The van der Waals surface area contributed by atoms with Gasteiger partial charge in [0.2, 0.25) is 5.91 Å². The maximum absolute atomic E-state index is 11.7. The number of amides is 1. The minimum atomic E-state index is 0.248. The topological polar surface area (TPSA) is 41.1 Å². The average Bonchev–Trinajstić information content (AvgIpc) is 2.29. The molecular weight excluding hydrogens is 176 g/mol. The smallest absolute Gasteiger partial charge is 0.225 e. The lowest BCUT2D eigenvalue weighted by Gasteiger charge is -2.28. The molecule has 1 heterocycles. The zero-order valence-electron chi connectivity index (χ0n) is 8.72. The van der Waals surface area contributed by atoms with Crippen LogP contribution in [0.25, 0.3) is 0 Å². The van der Waals surface area contributed by atoms with E-state index in [1.807, 2.05) is 0 Å². The third-order valence-corrected chi connectivity index (χ3v) is 3.35. The van der Waals surface area contributed by atoms with Crippen LogP contribution in [0.15, 0.2) is 0 Å². The molecule has 0 spiro atoms. The van der Waals surface area contributed by atoms with Crippen molar-refractivity contribution in [2.45, 2.75) is 44.6 Å². The first-order chi connectivity index (χ1) is 6.86. The van der Waals surface area contributed by atoms with Crippen molar-refractivity contribution in [3.8, 4) is 0 Å². The van der Waals surface area contributed by atoms with E-state index in [0.717, 1.165) is 13.1 Å². The van der Waals surface area contributed by atoms with Gasteiger partial charge in [-0.2, -0.15) is 0 Å². The minimum Gasteiger partial charge on any atom is -0.353 e. The fraction of sp³-hybridized carbons (Fsp3) is 0.909. The Balaban J connectivity index is 1.74. The van der Waals surface area contributed by atoms with Gasteiger partial charge in [0, 0.05) is 19.1 Å². The number of carbonyl (C=O) groups excluding carboxylic acids is 1. The Hall–Kier alpha value is -0.570. The van der Waals surface area contributed by atoms with Gasteiger partial charge in [0.1, 0.15) is 0 Å². The van der Waals surface area contributed by atoms with Gasteiger partial charge in [-0.25, -0.2) is 0 Å². The molecule has 3 heteroatoms. The van der Waals surface area contributed by atoms with Crippen molar-refractivity contribution in [3.05, 3.63) is 0 Å². The van der Waals surface area contributed by atoms with Gasteiger partial charge < -0.3 is 10.6 Å². The zero-order chi connectivity index (χ0) is 9.80. The van der Waals surface area contributed by atoms with Crippen molar-refractivity contribution < 1.29 is 4.79 Å². The summed E-state index contributed by atoms with van der Waals surface area (Å²) in [6.07, 6.45) is 7.63. The molecule has 0 aromatic heterocycles. The quantitative estimate of drug-likeness (QED) is 0.648. The first-order valence-corrected chi connectivity index (χ1v) is 5.87. The highest BCUT2D eigenvalue weighted by Crippen LogP contribution is 2.17. The van der Waals surface area contributed by atoms with Gasteiger partial charge in [-0.3, -0.25) is 4.79 Å². The van der Waals surface area contributed by atoms with Gasteiger partial charge in [-0.1, -0.05) is 25.7 Å². The molecule has 1 aliphatic carbocycles. The van der Waals surface area contributed by atoms with Gasteiger partial charge in [-0.05, 0) is 12.8 Å². The van der Waals surface area contributed by atoms with E-state index < -0.39 is 0 Å². The van der Waals surface area contributed by atoms with Crippen LogP contribution >= 0.6 is 0 Å². The summed E-state index contributed by atoms with van der Waals surface area (Å²) < 4.78 is 0. The number of carbonyl (C=O) groups is 1. The molecule has 1 amide bonds. The summed E-state index contributed by atoms with van der Waals surface area (Å²) in [6.45, 7) is 1.75. The van der Waals surface area contributed by atoms with Crippen LogP contribution in [-0.4, -0.2) is 25.0 Å². The van der Waals surface area contributed by atoms with Crippen LogP contribution in [0.1, 0.15) is 38.5 Å². The van der Waals surface area contributed by atoms with E-state index in [1.54, 1.807) is 0 Å². The SMILES string of the molecule is O=C(NC1CCCCCC1)C1CNC1. The van der Waals surface area contributed by atoms with E-state index in [4.69, 9.17) is 0 Å². The number of hydrogen-bond acceptors (Lipinski definition) is 2. The molecule has 0 aromatic carbocycles. The Morgan fingerprint density at radius 1 is 1.07 bits per heavy atom. The van der Waals surface area contributed by atoms with E-state index in [-0.39, 0.29) is 11.8 Å². The monoisotopic (exact) mass is 196 g/mol. The second-order valence-electron chi connectivity index (χ2n) is 4.55. The van der Waals surface area contributed by atoms with Crippen molar-refractivity contribution in [1.29, 1.82) is 0 Å². The van der Waals surface area contributed by atoms with E-state index in [1.165, 1.54) is 38.5 Å². The molecule has 0 radical (unpaired) electrons. The van der Waals surface area contributed by atoms with Gasteiger partial charge >= 0.3 is 0 Å². The van der Waals surface area contributed by atoms with Crippen LogP contribution in [0.5, 0.6) is 0 Å². The fourth-order valence-electron chi connectivity index (χ4n) is 2.22. The molecule has 2 N–H and O–H groups in total. The van der Waals surface area contributed by atoms with E-state index in [9.17, 15) is 4.79 Å². The lowest BCUT2D eigenvalue weighted by molar-refractivity contribution is -0.127. The summed E-state index contributed by atoms with van der Waals surface area (Å²) in [5.41, 5.74) is 0. The first kappa shape index (κ1) is 9.97. The Labute approximate surface area is 85.6 Å². The highest BCUT2D eigenvalue weighted by atomic mass is 16.2. The lowest BCUT2D eigenvalue weighted by Crippen LogP contribution is -2.52. The maximum atomic E-state index is 11.7. The number of rotatable bonds is 2. The molecule has 0 atom stereocenters. The molecule has 14 heavy (non-hydrogen) atoms. The summed E-state index contributed by atoms with van der Waals surface area (Å²) in [5, 5.41) is 6.31. The first-order valence-electron chi connectivity index (χ1n) is 5.87.